The van der Waals surface area contributed by atoms with Gasteiger partial charge in [0.25, 0.3) is 0 Å². The van der Waals surface area contributed by atoms with Crippen molar-refractivity contribution in [2.45, 2.75) is 0 Å². The number of aromatic nitrogens is 2. The van der Waals surface area contributed by atoms with Crippen LogP contribution in [0.4, 0.5) is 11.5 Å². The minimum atomic E-state index is 0.380. The van der Waals surface area contributed by atoms with Gasteiger partial charge in [-0.1, -0.05) is 23.2 Å². The molecule has 1 aromatic heterocycles. The number of halogens is 3. The Balaban J connectivity index is 2.29. The van der Waals surface area contributed by atoms with E-state index in [1.807, 2.05) is 12.1 Å². The lowest BCUT2D eigenvalue weighted by Gasteiger charge is -2.05. The Morgan fingerprint density at radius 1 is 1.27 bits per heavy atom. The van der Waals surface area contributed by atoms with Crippen LogP contribution in [-0.2, 0) is 0 Å². The van der Waals surface area contributed by atoms with Gasteiger partial charge in [0.1, 0.15) is 0 Å². The van der Waals surface area contributed by atoms with Crippen LogP contribution in [0, 0.1) is 3.57 Å². The number of anilines is 2. The fourth-order valence-electron chi connectivity index (χ4n) is 0.971. The Bertz CT molecular complexity index is 488. The Labute approximate surface area is 114 Å². The average Bonchev–Trinajstić information content (AvgIpc) is 2.57. The standard InChI is InChI=1S/C8H4Cl2IN3S/c9-4-1-2-6(5(11)3-4)12-8-7(10)13-15-14-8/h1-3H,(H,12,14). The highest BCUT2D eigenvalue weighted by atomic mass is 127. The van der Waals surface area contributed by atoms with E-state index in [0.29, 0.717) is 16.0 Å². The van der Waals surface area contributed by atoms with Crippen LogP contribution in [0.1, 0.15) is 0 Å². The first kappa shape index (κ1) is 11.4. The number of rotatable bonds is 2. The molecule has 0 radical (unpaired) electrons. The molecular weight excluding hydrogens is 368 g/mol. The molecule has 0 saturated heterocycles. The Morgan fingerprint density at radius 2 is 2.07 bits per heavy atom. The van der Waals surface area contributed by atoms with E-state index in [4.69, 9.17) is 23.2 Å². The maximum atomic E-state index is 5.85. The fourth-order valence-corrected chi connectivity index (χ4v) is 2.62. The third kappa shape index (κ3) is 2.72. The second-order valence-electron chi connectivity index (χ2n) is 2.65. The molecule has 3 nitrogen and oxygen atoms in total. The van der Waals surface area contributed by atoms with E-state index in [1.165, 1.54) is 0 Å². The van der Waals surface area contributed by atoms with Crippen LogP contribution in [-0.4, -0.2) is 8.75 Å². The van der Waals surface area contributed by atoms with Gasteiger partial charge in [-0.25, -0.2) is 0 Å². The second-order valence-corrected chi connectivity index (χ2v) is 5.14. The van der Waals surface area contributed by atoms with Crippen LogP contribution >= 0.6 is 57.5 Å². The molecule has 0 amide bonds. The van der Waals surface area contributed by atoms with Crippen molar-refractivity contribution in [3.63, 3.8) is 0 Å². The van der Waals surface area contributed by atoms with Crippen LogP contribution < -0.4 is 5.32 Å². The van der Waals surface area contributed by atoms with Gasteiger partial charge in [0, 0.05) is 8.59 Å². The van der Waals surface area contributed by atoms with E-state index < -0.39 is 0 Å². The van der Waals surface area contributed by atoms with Gasteiger partial charge in [0.15, 0.2) is 11.0 Å². The van der Waals surface area contributed by atoms with Crippen molar-refractivity contribution >= 4 is 69.0 Å². The molecule has 0 bridgehead atoms. The zero-order chi connectivity index (χ0) is 10.8. The smallest absolute Gasteiger partial charge is 0.187 e. The van der Waals surface area contributed by atoms with Crippen LogP contribution in [0.15, 0.2) is 18.2 Å². The first-order valence-electron chi connectivity index (χ1n) is 3.87. The number of nitrogens with one attached hydrogen (secondary N) is 1. The predicted octanol–water partition coefficient (Wildman–Crippen LogP) is 4.19. The number of nitrogens with zero attached hydrogens (tertiary/aromatic N) is 2. The molecule has 15 heavy (non-hydrogen) atoms. The van der Waals surface area contributed by atoms with Gasteiger partial charge in [-0.2, -0.15) is 8.75 Å². The molecule has 1 N–H and O–H groups in total. The maximum absolute atomic E-state index is 5.85. The summed E-state index contributed by atoms with van der Waals surface area (Å²) in [7, 11) is 0. The highest BCUT2D eigenvalue weighted by molar-refractivity contribution is 14.1. The Hall–Kier alpha value is -0.110. The summed E-state index contributed by atoms with van der Waals surface area (Å²) in [5, 5.41) is 4.17. The molecule has 2 rings (SSSR count). The van der Waals surface area contributed by atoms with Crippen molar-refractivity contribution < 1.29 is 0 Å². The molecular formula is C8H4Cl2IN3S. The lowest BCUT2D eigenvalue weighted by Crippen LogP contribution is -1.93. The minimum Gasteiger partial charge on any atom is -0.336 e. The molecule has 2 aromatic rings. The SMILES string of the molecule is Clc1ccc(Nc2nsnc2Cl)c(I)c1. The highest BCUT2D eigenvalue weighted by Crippen LogP contribution is 2.27. The Kier molecular flexibility index (Phi) is 3.65. The van der Waals surface area contributed by atoms with Gasteiger partial charge in [0.05, 0.1) is 17.4 Å². The van der Waals surface area contributed by atoms with Gasteiger partial charge in [-0.05, 0) is 40.8 Å². The van der Waals surface area contributed by atoms with Gasteiger partial charge in [-0.15, -0.1) is 0 Å². The predicted molar refractivity (Wildman–Crippen MR) is 72.4 cm³/mol. The third-order valence-corrected chi connectivity index (χ3v) is 3.65. The van der Waals surface area contributed by atoms with E-state index in [0.717, 1.165) is 21.0 Å². The maximum Gasteiger partial charge on any atom is 0.187 e. The van der Waals surface area contributed by atoms with Crippen molar-refractivity contribution in [2.75, 3.05) is 5.32 Å². The van der Waals surface area contributed by atoms with Crippen LogP contribution in [0.25, 0.3) is 0 Å². The van der Waals surface area contributed by atoms with Gasteiger partial charge >= 0.3 is 0 Å². The zero-order valence-corrected chi connectivity index (χ0v) is 11.7. The molecule has 0 saturated carbocycles. The van der Waals surface area contributed by atoms with E-state index in [9.17, 15) is 0 Å². The van der Waals surface area contributed by atoms with Crippen molar-refractivity contribution in [1.82, 2.24) is 8.75 Å². The molecule has 1 heterocycles. The highest BCUT2D eigenvalue weighted by Gasteiger charge is 2.07. The summed E-state index contributed by atoms with van der Waals surface area (Å²) in [6.07, 6.45) is 0. The van der Waals surface area contributed by atoms with Gasteiger partial charge < -0.3 is 5.32 Å². The van der Waals surface area contributed by atoms with E-state index in [-0.39, 0.29) is 0 Å². The van der Waals surface area contributed by atoms with E-state index in [2.05, 4.69) is 36.7 Å². The van der Waals surface area contributed by atoms with Crippen LogP contribution in [0.5, 0.6) is 0 Å². The zero-order valence-electron chi connectivity index (χ0n) is 7.17. The summed E-state index contributed by atoms with van der Waals surface area (Å²) in [5.74, 6) is 0.571. The van der Waals surface area contributed by atoms with Crippen molar-refractivity contribution in [3.05, 3.63) is 31.9 Å². The van der Waals surface area contributed by atoms with Gasteiger partial charge in [0.2, 0.25) is 0 Å². The minimum absolute atomic E-state index is 0.380. The van der Waals surface area contributed by atoms with Gasteiger partial charge in [-0.3, -0.25) is 0 Å². The summed E-state index contributed by atoms with van der Waals surface area (Å²) >= 11 is 14.9. The lowest BCUT2D eigenvalue weighted by molar-refractivity contribution is 1.44. The molecule has 0 atom stereocenters. The summed E-state index contributed by atoms with van der Waals surface area (Å²) in [6, 6.07) is 5.54. The molecule has 0 unspecified atom stereocenters. The Morgan fingerprint density at radius 3 is 2.67 bits per heavy atom. The van der Waals surface area contributed by atoms with Crippen LogP contribution in [0.3, 0.4) is 0 Å². The van der Waals surface area contributed by atoms with Crippen molar-refractivity contribution in [1.29, 1.82) is 0 Å². The molecule has 7 heteroatoms. The van der Waals surface area contributed by atoms with E-state index in [1.54, 1.807) is 6.07 Å². The molecule has 0 spiro atoms. The second kappa shape index (κ2) is 4.82. The fraction of sp³-hybridized carbons (Fsp3) is 0. The number of benzene rings is 1. The quantitative estimate of drug-likeness (QED) is 0.804. The topological polar surface area (TPSA) is 37.8 Å². The molecule has 0 aliphatic rings. The number of hydrogen-bond acceptors (Lipinski definition) is 4. The summed E-state index contributed by atoms with van der Waals surface area (Å²) in [4.78, 5) is 0. The molecule has 0 fully saturated rings. The van der Waals surface area contributed by atoms with Crippen molar-refractivity contribution in [2.24, 2.45) is 0 Å². The third-order valence-electron chi connectivity index (χ3n) is 1.63. The molecule has 78 valence electrons. The first-order valence-corrected chi connectivity index (χ1v) is 6.43. The monoisotopic (exact) mass is 371 g/mol. The molecule has 0 aliphatic carbocycles. The molecule has 0 aliphatic heterocycles. The average molecular weight is 372 g/mol. The summed E-state index contributed by atoms with van der Waals surface area (Å²) in [5.41, 5.74) is 0.912. The van der Waals surface area contributed by atoms with E-state index >= 15 is 0 Å². The normalized spacial score (nSPS) is 10.3. The molecule has 1 aromatic carbocycles. The number of hydrogen-bond donors (Lipinski definition) is 1. The van der Waals surface area contributed by atoms with Crippen LogP contribution in [0.2, 0.25) is 10.2 Å². The van der Waals surface area contributed by atoms with Crippen molar-refractivity contribution in [3.8, 4) is 0 Å². The first-order chi connectivity index (χ1) is 7.16. The summed E-state index contributed by atoms with van der Waals surface area (Å²) in [6.45, 7) is 0. The largest absolute Gasteiger partial charge is 0.336 e. The summed E-state index contributed by atoms with van der Waals surface area (Å²) < 4.78 is 8.89. The lowest BCUT2D eigenvalue weighted by atomic mass is 10.3.